The summed E-state index contributed by atoms with van der Waals surface area (Å²) in [6, 6.07) is 7.98. The van der Waals surface area contributed by atoms with E-state index in [1.807, 2.05) is 23.1 Å². The maximum atomic E-state index is 12.6. The fraction of sp³-hybridized carbons (Fsp3) is 0.471. The summed E-state index contributed by atoms with van der Waals surface area (Å²) in [4.78, 5) is 38.8. The van der Waals surface area contributed by atoms with Crippen LogP contribution in [0.5, 0.6) is 0 Å². The van der Waals surface area contributed by atoms with Gasteiger partial charge in [0.25, 0.3) is 0 Å². The Morgan fingerprint density at radius 3 is 2.50 bits per heavy atom. The Hall–Kier alpha value is -2.17. The van der Waals surface area contributed by atoms with Crippen LogP contribution in [-0.4, -0.2) is 35.7 Å². The minimum atomic E-state index is -0.158. The molecule has 2 aliphatic rings. The lowest BCUT2D eigenvalue weighted by Crippen LogP contribution is -2.37. The third-order valence-electron chi connectivity index (χ3n) is 4.37. The fourth-order valence-electron chi connectivity index (χ4n) is 3.17. The van der Waals surface area contributed by atoms with Crippen LogP contribution in [0.4, 0.5) is 5.69 Å². The van der Waals surface area contributed by atoms with Crippen LogP contribution in [0.2, 0.25) is 0 Å². The van der Waals surface area contributed by atoms with Gasteiger partial charge in [-0.2, -0.15) is 0 Å². The van der Waals surface area contributed by atoms with Gasteiger partial charge in [0.1, 0.15) is 0 Å². The monoisotopic (exact) mass is 300 g/mol. The topological polar surface area (TPSA) is 57.7 Å². The molecule has 116 valence electrons. The molecule has 2 heterocycles. The third-order valence-corrected chi connectivity index (χ3v) is 4.37. The summed E-state index contributed by atoms with van der Waals surface area (Å²) < 4.78 is 0. The van der Waals surface area contributed by atoms with Gasteiger partial charge in [0.15, 0.2) is 0 Å². The number of amides is 3. The van der Waals surface area contributed by atoms with E-state index in [4.69, 9.17) is 0 Å². The summed E-state index contributed by atoms with van der Waals surface area (Å²) >= 11 is 0. The van der Waals surface area contributed by atoms with Crippen molar-refractivity contribution in [3.8, 4) is 0 Å². The van der Waals surface area contributed by atoms with E-state index >= 15 is 0 Å². The van der Waals surface area contributed by atoms with Crippen LogP contribution in [0.1, 0.15) is 37.7 Å². The second-order valence-electron chi connectivity index (χ2n) is 5.82. The number of anilines is 1. The molecule has 2 aliphatic heterocycles. The van der Waals surface area contributed by atoms with E-state index < -0.39 is 0 Å². The van der Waals surface area contributed by atoms with Crippen LogP contribution in [0.3, 0.4) is 0 Å². The van der Waals surface area contributed by atoms with E-state index in [0.717, 1.165) is 24.9 Å². The average molecular weight is 300 g/mol. The number of carbonyl (C=O) groups excluding carboxylic acids is 3. The van der Waals surface area contributed by atoms with Crippen molar-refractivity contribution in [2.45, 2.75) is 38.5 Å². The van der Waals surface area contributed by atoms with Gasteiger partial charge in [0.2, 0.25) is 17.7 Å². The molecule has 1 aromatic rings. The molecule has 0 spiro atoms. The standard InChI is InChI=1S/C17H20N2O3/c20-15-8-9-16(21)19(15)12-10-17(22)18-11-4-3-6-13-5-1-2-7-14(13)18/h1-2,5,7H,3-4,6,8-12H2. The quantitative estimate of drug-likeness (QED) is 0.801. The van der Waals surface area contributed by atoms with Gasteiger partial charge in [-0.3, -0.25) is 19.3 Å². The zero-order valence-corrected chi connectivity index (χ0v) is 12.6. The van der Waals surface area contributed by atoms with Crippen molar-refractivity contribution < 1.29 is 14.4 Å². The van der Waals surface area contributed by atoms with Crippen LogP contribution in [0.15, 0.2) is 24.3 Å². The first kappa shape index (κ1) is 14.8. The molecular weight excluding hydrogens is 280 g/mol. The highest BCUT2D eigenvalue weighted by molar-refractivity contribution is 6.02. The van der Waals surface area contributed by atoms with Gasteiger partial charge >= 0.3 is 0 Å². The number of likely N-dealkylation sites (tertiary alicyclic amines) is 1. The number of carbonyl (C=O) groups is 3. The zero-order valence-electron chi connectivity index (χ0n) is 12.6. The van der Waals surface area contributed by atoms with Crippen LogP contribution >= 0.6 is 0 Å². The molecule has 22 heavy (non-hydrogen) atoms. The molecule has 0 bridgehead atoms. The maximum Gasteiger partial charge on any atom is 0.229 e. The van der Waals surface area contributed by atoms with E-state index in [0.29, 0.717) is 6.54 Å². The molecule has 0 N–H and O–H groups in total. The summed E-state index contributed by atoms with van der Waals surface area (Å²) in [5.74, 6) is -0.329. The van der Waals surface area contributed by atoms with Crippen molar-refractivity contribution in [2.75, 3.05) is 18.0 Å². The van der Waals surface area contributed by atoms with Crippen LogP contribution in [0, 0.1) is 0 Å². The molecular formula is C17H20N2O3. The third kappa shape index (κ3) is 2.89. The Bertz CT molecular complexity index is 596. The molecule has 0 atom stereocenters. The predicted molar refractivity (Wildman–Crippen MR) is 82.3 cm³/mol. The number of hydrogen-bond acceptors (Lipinski definition) is 3. The first-order valence-electron chi connectivity index (χ1n) is 7.88. The Labute approximate surface area is 129 Å². The lowest BCUT2D eigenvalue weighted by molar-refractivity contribution is -0.138. The Morgan fingerprint density at radius 1 is 1.00 bits per heavy atom. The number of rotatable bonds is 3. The number of fused-ring (bicyclic) bond motifs is 1. The van der Waals surface area contributed by atoms with E-state index in [9.17, 15) is 14.4 Å². The van der Waals surface area contributed by atoms with Gasteiger partial charge in [-0.25, -0.2) is 0 Å². The van der Waals surface area contributed by atoms with Crippen molar-refractivity contribution in [3.05, 3.63) is 29.8 Å². The van der Waals surface area contributed by atoms with Crippen LogP contribution in [0.25, 0.3) is 0 Å². The van der Waals surface area contributed by atoms with Crippen molar-refractivity contribution in [2.24, 2.45) is 0 Å². The molecule has 3 amide bonds. The maximum absolute atomic E-state index is 12.6. The molecule has 5 heteroatoms. The SMILES string of the molecule is O=C1CCC(=O)N1CCC(=O)N1CCCCc2ccccc21. The highest BCUT2D eigenvalue weighted by Crippen LogP contribution is 2.26. The number of hydrogen-bond donors (Lipinski definition) is 0. The molecule has 0 saturated carbocycles. The largest absolute Gasteiger partial charge is 0.312 e. The number of nitrogens with zero attached hydrogens (tertiary/aromatic N) is 2. The smallest absolute Gasteiger partial charge is 0.229 e. The summed E-state index contributed by atoms with van der Waals surface area (Å²) in [5, 5.41) is 0. The zero-order chi connectivity index (χ0) is 15.5. The van der Waals surface area contributed by atoms with Crippen molar-refractivity contribution in [1.82, 2.24) is 4.90 Å². The molecule has 0 aromatic heterocycles. The number of aryl methyl sites for hydroxylation is 1. The number of imide groups is 1. The Balaban J connectivity index is 1.69. The van der Waals surface area contributed by atoms with Gasteiger partial charge in [-0.1, -0.05) is 18.2 Å². The van der Waals surface area contributed by atoms with E-state index in [-0.39, 0.29) is 43.5 Å². The summed E-state index contributed by atoms with van der Waals surface area (Å²) in [5.41, 5.74) is 2.17. The molecule has 0 unspecified atom stereocenters. The van der Waals surface area contributed by atoms with E-state index in [1.165, 1.54) is 10.5 Å². The minimum absolute atomic E-state index is 0.0122. The molecule has 3 rings (SSSR count). The second kappa shape index (κ2) is 6.30. The molecule has 1 saturated heterocycles. The molecule has 1 fully saturated rings. The van der Waals surface area contributed by atoms with Gasteiger partial charge in [0.05, 0.1) is 0 Å². The predicted octanol–water partition coefficient (Wildman–Crippen LogP) is 1.89. The van der Waals surface area contributed by atoms with Crippen LogP contribution < -0.4 is 4.90 Å². The molecule has 5 nitrogen and oxygen atoms in total. The van der Waals surface area contributed by atoms with Crippen molar-refractivity contribution >= 4 is 23.4 Å². The summed E-state index contributed by atoms with van der Waals surface area (Å²) in [6.45, 7) is 0.910. The van der Waals surface area contributed by atoms with Gasteiger partial charge in [0, 0.05) is 38.0 Å². The van der Waals surface area contributed by atoms with E-state index in [1.54, 1.807) is 0 Å². The average Bonchev–Trinajstić information content (AvgIpc) is 2.74. The number of benzene rings is 1. The normalized spacial score (nSPS) is 18.4. The Kier molecular flexibility index (Phi) is 4.22. The first-order valence-corrected chi connectivity index (χ1v) is 7.88. The van der Waals surface area contributed by atoms with Gasteiger partial charge in [-0.15, -0.1) is 0 Å². The van der Waals surface area contributed by atoms with Gasteiger partial charge < -0.3 is 4.90 Å². The fourth-order valence-corrected chi connectivity index (χ4v) is 3.17. The van der Waals surface area contributed by atoms with Crippen molar-refractivity contribution in [3.63, 3.8) is 0 Å². The van der Waals surface area contributed by atoms with Gasteiger partial charge in [-0.05, 0) is 30.9 Å². The van der Waals surface area contributed by atoms with Crippen molar-refractivity contribution in [1.29, 1.82) is 0 Å². The number of para-hydroxylation sites is 1. The molecule has 1 aromatic carbocycles. The van der Waals surface area contributed by atoms with Crippen LogP contribution in [-0.2, 0) is 20.8 Å². The lowest BCUT2D eigenvalue weighted by atomic mass is 10.1. The lowest BCUT2D eigenvalue weighted by Gasteiger charge is -2.24. The second-order valence-corrected chi connectivity index (χ2v) is 5.82. The molecule has 0 aliphatic carbocycles. The van der Waals surface area contributed by atoms with E-state index in [2.05, 4.69) is 6.07 Å². The Morgan fingerprint density at radius 2 is 1.73 bits per heavy atom. The highest BCUT2D eigenvalue weighted by atomic mass is 16.2. The minimum Gasteiger partial charge on any atom is -0.312 e. The first-order chi connectivity index (χ1) is 10.7. The molecule has 0 radical (unpaired) electrons. The summed E-state index contributed by atoms with van der Waals surface area (Å²) in [7, 11) is 0. The highest BCUT2D eigenvalue weighted by Gasteiger charge is 2.30. The summed E-state index contributed by atoms with van der Waals surface area (Å²) in [6.07, 6.45) is 3.79.